The van der Waals surface area contributed by atoms with Crippen molar-refractivity contribution in [3.8, 4) is 11.5 Å². The van der Waals surface area contributed by atoms with Crippen LogP contribution >= 0.6 is 0 Å². The Kier molecular flexibility index (Phi) is 5.05. The molecule has 1 aromatic heterocycles. The minimum Gasteiger partial charge on any atom is -0.486 e. The summed E-state index contributed by atoms with van der Waals surface area (Å²) in [6.45, 7) is 1.52. The molecule has 142 valence electrons. The quantitative estimate of drug-likeness (QED) is 0.704. The number of fused-ring (bicyclic) bond motifs is 1. The van der Waals surface area contributed by atoms with Crippen LogP contribution in [0, 0.1) is 5.82 Å². The van der Waals surface area contributed by atoms with Crippen molar-refractivity contribution in [1.82, 2.24) is 4.98 Å². The zero-order valence-corrected chi connectivity index (χ0v) is 14.9. The number of amides is 1. The van der Waals surface area contributed by atoms with Gasteiger partial charge in [-0.05, 0) is 42.0 Å². The molecule has 2 N–H and O–H groups in total. The number of halogens is 1. The van der Waals surface area contributed by atoms with E-state index in [0.717, 1.165) is 5.56 Å². The van der Waals surface area contributed by atoms with Crippen LogP contribution in [0.1, 0.15) is 15.9 Å². The molecule has 0 fully saturated rings. The number of pyridine rings is 1. The SMILES string of the molecule is O=C(Nc1ccc2c(c1)OCCO2)c1ccc(NCc2ccc(F)cc2)nc1. The van der Waals surface area contributed by atoms with Crippen LogP contribution in [0.2, 0.25) is 0 Å². The van der Waals surface area contributed by atoms with Gasteiger partial charge in [-0.2, -0.15) is 0 Å². The van der Waals surface area contributed by atoms with Gasteiger partial charge in [0.25, 0.3) is 5.91 Å². The van der Waals surface area contributed by atoms with E-state index in [1.54, 1.807) is 42.5 Å². The first-order valence-electron chi connectivity index (χ1n) is 8.83. The minimum absolute atomic E-state index is 0.268. The van der Waals surface area contributed by atoms with Gasteiger partial charge in [-0.3, -0.25) is 4.79 Å². The van der Waals surface area contributed by atoms with E-state index in [1.807, 2.05) is 0 Å². The largest absolute Gasteiger partial charge is 0.486 e. The van der Waals surface area contributed by atoms with Gasteiger partial charge in [0.1, 0.15) is 24.8 Å². The highest BCUT2D eigenvalue weighted by Gasteiger charge is 2.13. The molecule has 7 heteroatoms. The number of anilines is 2. The molecule has 0 bridgehead atoms. The molecular weight excluding hydrogens is 361 g/mol. The van der Waals surface area contributed by atoms with Crippen LogP contribution in [0.15, 0.2) is 60.8 Å². The van der Waals surface area contributed by atoms with Crippen LogP contribution in [-0.4, -0.2) is 24.1 Å². The second-order valence-corrected chi connectivity index (χ2v) is 6.22. The summed E-state index contributed by atoms with van der Waals surface area (Å²) in [7, 11) is 0. The number of carbonyl (C=O) groups is 1. The highest BCUT2D eigenvalue weighted by Crippen LogP contribution is 2.32. The number of hydrogen-bond acceptors (Lipinski definition) is 5. The Labute approximate surface area is 161 Å². The van der Waals surface area contributed by atoms with Crippen molar-refractivity contribution >= 4 is 17.4 Å². The number of rotatable bonds is 5. The topological polar surface area (TPSA) is 72.5 Å². The zero-order chi connectivity index (χ0) is 19.3. The molecule has 0 radical (unpaired) electrons. The average Bonchev–Trinajstić information content (AvgIpc) is 2.73. The number of ether oxygens (including phenoxy) is 2. The van der Waals surface area contributed by atoms with Crippen molar-refractivity contribution in [3.63, 3.8) is 0 Å². The number of hydrogen-bond donors (Lipinski definition) is 2. The van der Waals surface area contributed by atoms with Crippen molar-refractivity contribution in [2.75, 3.05) is 23.8 Å². The van der Waals surface area contributed by atoms with Gasteiger partial charge in [-0.25, -0.2) is 9.37 Å². The Balaban J connectivity index is 1.36. The van der Waals surface area contributed by atoms with E-state index in [9.17, 15) is 9.18 Å². The zero-order valence-electron chi connectivity index (χ0n) is 14.9. The molecule has 0 saturated heterocycles. The standard InChI is InChI=1S/C21H18FN3O3/c22-16-4-1-14(2-5-16)12-23-20-8-3-15(13-24-20)21(26)25-17-6-7-18-19(11-17)28-10-9-27-18/h1-8,11,13H,9-10,12H2,(H,23,24)(H,25,26). The van der Waals surface area contributed by atoms with Crippen LogP contribution in [0.4, 0.5) is 15.9 Å². The van der Waals surface area contributed by atoms with Gasteiger partial charge < -0.3 is 20.1 Å². The van der Waals surface area contributed by atoms with E-state index in [1.165, 1.54) is 18.3 Å². The number of benzene rings is 2. The molecular formula is C21H18FN3O3. The molecule has 28 heavy (non-hydrogen) atoms. The lowest BCUT2D eigenvalue weighted by atomic mass is 10.2. The molecule has 1 aliphatic rings. The number of aromatic nitrogens is 1. The fourth-order valence-electron chi connectivity index (χ4n) is 2.75. The van der Waals surface area contributed by atoms with Crippen molar-refractivity contribution in [1.29, 1.82) is 0 Å². The first kappa shape index (κ1) is 17.8. The first-order valence-corrected chi connectivity index (χ1v) is 8.83. The van der Waals surface area contributed by atoms with Gasteiger partial charge in [-0.15, -0.1) is 0 Å². The Morgan fingerprint density at radius 3 is 2.54 bits per heavy atom. The molecule has 4 rings (SSSR count). The van der Waals surface area contributed by atoms with Gasteiger partial charge >= 0.3 is 0 Å². The molecule has 0 unspecified atom stereocenters. The van der Waals surface area contributed by atoms with Crippen molar-refractivity contribution < 1.29 is 18.7 Å². The van der Waals surface area contributed by atoms with E-state index in [-0.39, 0.29) is 11.7 Å². The maximum atomic E-state index is 12.9. The summed E-state index contributed by atoms with van der Waals surface area (Å²) < 4.78 is 23.9. The molecule has 0 atom stereocenters. The summed E-state index contributed by atoms with van der Waals surface area (Å²) in [6, 6.07) is 14.9. The third kappa shape index (κ3) is 4.20. The lowest BCUT2D eigenvalue weighted by Crippen LogP contribution is -2.16. The number of nitrogens with one attached hydrogen (secondary N) is 2. The summed E-state index contributed by atoms with van der Waals surface area (Å²) in [5.74, 6) is 1.37. The lowest BCUT2D eigenvalue weighted by Gasteiger charge is -2.19. The Morgan fingerprint density at radius 2 is 1.79 bits per heavy atom. The predicted molar refractivity (Wildman–Crippen MR) is 103 cm³/mol. The molecule has 2 heterocycles. The van der Waals surface area contributed by atoms with Crippen LogP contribution in [0.3, 0.4) is 0 Å². The normalized spacial score (nSPS) is 12.3. The highest BCUT2D eigenvalue weighted by molar-refractivity contribution is 6.04. The van der Waals surface area contributed by atoms with E-state index in [2.05, 4.69) is 15.6 Å². The monoisotopic (exact) mass is 379 g/mol. The number of nitrogens with zero attached hydrogens (tertiary/aromatic N) is 1. The van der Waals surface area contributed by atoms with E-state index < -0.39 is 0 Å². The Hall–Kier alpha value is -3.61. The third-order valence-electron chi connectivity index (χ3n) is 4.21. The second-order valence-electron chi connectivity index (χ2n) is 6.22. The maximum absolute atomic E-state index is 12.9. The van der Waals surface area contributed by atoms with Gasteiger partial charge in [0.15, 0.2) is 11.5 Å². The molecule has 1 amide bonds. The van der Waals surface area contributed by atoms with Gasteiger partial charge in [-0.1, -0.05) is 12.1 Å². The van der Waals surface area contributed by atoms with Gasteiger partial charge in [0.05, 0.1) is 5.56 Å². The van der Waals surface area contributed by atoms with Crippen LogP contribution in [0.5, 0.6) is 11.5 Å². The molecule has 0 aliphatic carbocycles. The summed E-state index contributed by atoms with van der Waals surface area (Å²) in [5.41, 5.74) is 1.98. The van der Waals surface area contributed by atoms with Gasteiger partial charge in [0.2, 0.25) is 0 Å². The first-order chi connectivity index (χ1) is 13.7. The van der Waals surface area contributed by atoms with Crippen LogP contribution in [0.25, 0.3) is 0 Å². The summed E-state index contributed by atoms with van der Waals surface area (Å²) in [4.78, 5) is 16.7. The van der Waals surface area contributed by atoms with E-state index >= 15 is 0 Å². The molecule has 3 aromatic rings. The fourth-order valence-corrected chi connectivity index (χ4v) is 2.75. The van der Waals surface area contributed by atoms with Crippen molar-refractivity contribution in [2.45, 2.75) is 6.54 Å². The predicted octanol–water partition coefficient (Wildman–Crippen LogP) is 3.86. The molecule has 1 aliphatic heterocycles. The molecule has 2 aromatic carbocycles. The number of carbonyl (C=O) groups excluding carboxylic acids is 1. The summed E-state index contributed by atoms with van der Waals surface area (Å²) >= 11 is 0. The van der Waals surface area contributed by atoms with E-state index in [4.69, 9.17) is 9.47 Å². The minimum atomic E-state index is -0.269. The average molecular weight is 379 g/mol. The molecule has 6 nitrogen and oxygen atoms in total. The van der Waals surface area contributed by atoms with Crippen molar-refractivity contribution in [3.05, 3.63) is 77.7 Å². The summed E-state index contributed by atoms with van der Waals surface area (Å²) in [6.07, 6.45) is 1.50. The van der Waals surface area contributed by atoms with Crippen molar-refractivity contribution in [2.24, 2.45) is 0 Å². The highest BCUT2D eigenvalue weighted by atomic mass is 19.1. The summed E-state index contributed by atoms with van der Waals surface area (Å²) in [5, 5.41) is 5.96. The second kappa shape index (κ2) is 7.96. The smallest absolute Gasteiger partial charge is 0.257 e. The fraction of sp³-hybridized carbons (Fsp3) is 0.143. The Bertz CT molecular complexity index is 975. The van der Waals surface area contributed by atoms with Crippen LogP contribution in [-0.2, 0) is 6.54 Å². The molecule has 0 spiro atoms. The van der Waals surface area contributed by atoms with Crippen LogP contribution < -0.4 is 20.1 Å². The molecule has 0 saturated carbocycles. The van der Waals surface area contributed by atoms with Gasteiger partial charge in [0, 0.05) is 24.5 Å². The Morgan fingerprint density at radius 1 is 1.00 bits per heavy atom. The third-order valence-corrected chi connectivity index (χ3v) is 4.21. The van der Waals surface area contributed by atoms with E-state index in [0.29, 0.717) is 48.3 Å². The lowest BCUT2D eigenvalue weighted by molar-refractivity contribution is 0.102. The maximum Gasteiger partial charge on any atom is 0.257 e.